The summed E-state index contributed by atoms with van der Waals surface area (Å²) in [7, 11) is 0. The van der Waals surface area contributed by atoms with Crippen molar-refractivity contribution in [2.75, 3.05) is 0 Å². The van der Waals surface area contributed by atoms with E-state index in [4.69, 9.17) is 4.98 Å². The Bertz CT molecular complexity index is 1670. The molecule has 3 heteroatoms. The fraction of sp³-hybridized carbons (Fsp3) is 0.107. The zero-order valence-corrected chi connectivity index (χ0v) is 18.2. The van der Waals surface area contributed by atoms with Crippen LogP contribution in [0.5, 0.6) is 0 Å². The second-order valence-corrected chi connectivity index (χ2v) is 9.77. The van der Waals surface area contributed by atoms with Crippen LogP contribution in [0.25, 0.3) is 48.8 Å². The van der Waals surface area contributed by atoms with Crippen LogP contribution in [0.2, 0.25) is 0 Å². The van der Waals surface area contributed by atoms with E-state index in [1.54, 1.807) is 11.3 Å². The molecule has 31 heavy (non-hydrogen) atoms. The second-order valence-electron chi connectivity index (χ2n) is 8.88. The molecule has 0 atom stereocenters. The number of fused-ring (bicyclic) bond motifs is 8. The smallest absolute Gasteiger partial charge is 0.105 e. The molecular weight excluding hydrogens is 396 g/mol. The predicted octanol–water partition coefficient (Wildman–Crippen LogP) is 7.70. The number of nitrogens with zero attached hydrogens (tertiary/aromatic N) is 2. The highest BCUT2D eigenvalue weighted by atomic mass is 32.1. The summed E-state index contributed by atoms with van der Waals surface area (Å²) in [6.07, 6.45) is 0. The lowest BCUT2D eigenvalue weighted by molar-refractivity contribution is 0.664. The van der Waals surface area contributed by atoms with Crippen LogP contribution in [0.4, 0.5) is 0 Å². The predicted molar refractivity (Wildman–Crippen MR) is 132 cm³/mol. The minimum absolute atomic E-state index is 0.0759. The molecule has 0 spiro atoms. The molecule has 2 aromatic heterocycles. The van der Waals surface area contributed by atoms with E-state index in [1.807, 2.05) is 5.51 Å². The molecule has 1 aliphatic rings. The first kappa shape index (κ1) is 17.3. The van der Waals surface area contributed by atoms with E-state index >= 15 is 0 Å². The third-order valence-electron chi connectivity index (χ3n) is 6.93. The topological polar surface area (TPSA) is 17.8 Å². The molecule has 0 saturated heterocycles. The summed E-state index contributed by atoms with van der Waals surface area (Å²) in [6.45, 7) is 4.73. The van der Waals surface area contributed by atoms with Crippen molar-refractivity contribution in [3.05, 3.63) is 95.5 Å². The molecule has 0 amide bonds. The molecule has 2 heterocycles. The van der Waals surface area contributed by atoms with Gasteiger partial charge in [-0.15, -0.1) is 11.3 Å². The summed E-state index contributed by atoms with van der Waals surface area (Å²) in [5, 5.41) is 2.60. The summed E-state index contributed by atoms with van der Waals surface area (Å²) in [5.41, 5.74) is 12.2. The van der Waals surface area contributed by atoms with Gasteiger partial charge in [-0.1, -0.05) is 74.5 Å². The fourth-order valence-corrected chi connectivity index (χ4v) is 6.31. The Morgan fingerprint density at radius 2 is 1.61 bits per heavy atom. The molecule has 4 aromatic carbocycles. The molecular formula is C28H20N2S. The number of para-hydroxylation sites is 2. The van der Waals surface area contributed by atoms with Gasteiger partial charge in [0.25, 0.3) is 0 Å². The van der Waals surface area contributed by atoms with Gasteiger partial charge in [-0.25, -0.2) is 4.98 Å². The molecule has 7 rings (SSSR count). The molecule has 0 radical (unpaired) electrons. The van der Waals surface area contributed by atoms with Gasteiger partial charge in [0, 0.05) is 16.2 Å². The fourth-order valence-electron chi connectivity index (χ4n) is 5.61. The minimum atomic E-state index is -0.0759. The maximum absolute atomic E-state index is 4.76. The van der Waals surface area contributed by atoms with Crippen molar-refractivity contribution in [1.29, 1.82) is 0 Å². The van der Waals surface area contributed by atoms with Crippen LogP contribution < -0.4 is 0 Å². The van der Waals surface area contributed by atoms with E-state index in [0.29, 0.717) is 0 Å². The van der Waals surface area contributed by atoms with E-state index in [1.165, 1.54) is 48.8 Å². The van der Waals surface area contributed by atoms with Crippen molar-refractivity contribution >= 4 is 43.4 Å². The Kier molecular flexibility index (Phi) is 3.25. The van der Waals surface area contributed by atoms with Crippen LogP contribution in [0.15, 0.2) is 84.4 Å². The van der Waals surface area contributed by atoms with Gasteiger partial charge in [0.15, 0.2) is 0 Å². The first-order valence-electron chi connectivity index (χ1n) is 10.7. The SMILES string of the molecule is CC1(C)c2ccccc2-c2ccc3c4ccccc4n(-c4cccc5scnc45)c3c21. The van der Waals surface area contributed by atoms with Gasteiger partial charge < -0.3 is 4.57 Å². The van der Waals surface area contributed by atoms with Crippen molar-refractivity contribution in [3.63, 3.8) is 0 Å². The van der Waals surface area contributed by atoms with Crippen molar-refractivity contribution in [1.82, 2.24) is 9.55 Å². The first-order chi connectivity index (χ1) is 15.2. The number of benzene rings is 4. The van der Waals surface area contributed by atoms with Crippen LogP contribution in [-0.2, 0) is 5.41 Å². The standard InChI is InChI=1S/C28H20N2S/c1-28(2)21-10-5-3-8-17(21)19-14-15-20-18-9-4-6-11-22(18)30(27(20)25(19)28)23-12-7-13-24-26(23)29-16-31-24/h3-16H,1-2H3. The molecule has 0 N–H and O–H groups in total. The Hall–Kier alpha value is -3.43. The lowest BCUT2D eigenvalue weighted by Gasteiger charge is -2.23. The van der Waals surface area contributed by atoms with E-state index in [2.05, 4.69) is 97.3 Å². The van der Waals surface area contributed by atoms with Crippen LogP contribution in [0.1, 0.15) is 25.0 Å². The summed E-state index contributed by atoms with van der Waals surface area (Å²) in [5.74, 6) is 0. The Labute approximate surface area is 184 Å². The van der Waals surface area contributed by atoms with Gasteiger partial charge >= 0.3 is 0 Å². The van der Waals surface area contributed by atoms with Gasteiger partial charge in [-0.05, 0) is 40.5 Å². The van der Waals surface area contributed by atoms with Crippen molar-refractivity contribution in [2.24, 2.45) is 0 Å². The Balaban J connectivity index is 1.74. The lowest BCUT2D eigenvalue weighted by atomic mass is 9.81. The number of thiazole rings is 1. The Morgan fingerprint density at radius 1 is 0.774 bits per heavy atom. The zero-order valence-electron chi connectivity index (χ0n) is 17.4. The van der Waals surface area contributed by atoms with Crippen LogP contribution in [-0.4, -0.2) is 9.55 Å². The molecule has 0 fully saturated rings. The molecule has 148 valence electrons. The zero-order chi connectivity index (χ0) is 20.7. The maximum Gasteiger partial charge on any atom is 0.105 e. The summed E-state index contributed by atoms with van der Waals surface area (Å²) in [4.78, 5) is 4.76. The highest BCUT2D eigenvalue weighted by Gasteiger charge is 2.38. The third kappa shape index (κ3) is 2.09. The van der Waals surface area contributed by atoms with Gasteiger partial charge in [0.05, 0.1) is 26.9 Å². The largest absolute Gasteiger partial charge is 0.307 e. The summed E-state index contributed by atoms with van der Waals surface area (Å²) < 4.78 is 3.68. The van der Waals surface area contributed by atoms with E-state index in [9.17, 15) is 0 Å². The van der Waals surface area contributed by atoms with Crippen molar-refractivity contribution in [2.45, 2.75) is 19.3 Å². The number of rotatable bonds is 1. The van der Waals surface area contributed by atoms with Gasteiger partial charge in [-0.3, -0.25) is 0 Å². The molecule has 0 aliphatic heterocycles. The van der Waals surface area contributed by atoms with Crippen molar-refractivity contribution < 1.29 is 0 Å². The highest BCUT2D eigenvalue weighted by Crippen LogP contribution is 2.53. The highest BCUT2D eigenvalue weighted by molar-refractivity contribution is 7.16. The third-order valence-corrected chi connectivity index (χ3v) is 7.73. The van der Waals surface area contributed by atoms with Crippen molar-refractivity contribution in [3.8, 4) is 16.8 Å². The van der Waals surface area contributed by atoms with Gasteiger partial charge in [-0.2, -0.15) is 0 Å². The van der Waals surface area contributed by atoms with E-state index < -0.39 is 0 Å². The van der Waals surface area contributed by atoms with E-state index in [-0.39, 0.29) is 5.41 Å². The van der Waals surface area contributed by atoms with Gasteiger partial charge in [0.2, 0.25) is 0 Å². The van der Waals surface area contributed by atoms with Gasteiger partial charge in [0.1, 0.15) is 5.52 Å². The second kappa shape index (κ2) is 5.83. The average Bonchev–Trinajstić information content (AvgIpc) is 3.46. The molecule has 0 unspecified atom stereocenters. The Morgan fingerprint density at radius 3 is 2.55 bits per heavy atom. The number of aromatic nitrogens is 2. The lowest BCUT2D eigenvalue weighted by Crippen LogP contribution is -2.16. The molecule has 1 aliphatic carbocycles. The van der Waals surface area contributed by atoms with E-state index in [0.717, 1.165) is 11.2 Å². The molecule has 2 nitrogen and oxygen atoms in total. The average molecular weight is 417 g/mol. The monoisotopic (exact) mass is 416 g/mol. The number of hydrogen-bond acceptors (Lipinski definition) is 2. The van der Waals surface area contributed by atoms with Crippen LogP contribution >= 0.6 is 11.3 Å². The maximum atomic E-state index is 4.76. The normalized spacial score (nSPS) is 14.4. The number of hydrogen-bond donors (Lipinski definition) is 0. The van der Waals surface area contributed by atoms with Crippen LogP contribution in [0.3, 0.4) is 0 Å². The summed E-state index contributed by atoms with van der Waals surface area (Å²) >= 11 is 1.70. The first-order valence-corrected chi connectivity index (χ1v) is 11.5. The molecule has 0 bridgehead atoms. The summed E-state index contributed by atoms with van der Waals surface area (Å²) in [6, 6.07) is 28.8. The quantitative estimate of drug-likeness (QED) is 0.268. The molecule has 6 aromatic rings. The van der Waals surface area contributed by atoms with Crippen LogP contribution in [0, 0.1) is 0 Å². The molecule has 0 saturated carbocycles. The minimum Gasteiger partial charge on any atom is -0.307 e.